The maximum absolute atomic E-state index is 11.8. The molecule has 1 amide bonds. The molecule has 0 unspecified atom stereocenters. The molecule has 0 bridgehead atoms. The van der Waals surface area contributed by atoms with Crippen molar-refractivity contribution >= 4 is 17.6 Å². The molecule has 0 spiro atoms. The van der Waals surface area contributed by atoms with Crippen molar-refractivity contribution in [1.29, 1.82) is 0 Å². The molecular formula is C14H18N2O3. The van der Waals surface area contributed by atoms with E-state index < -0.39 is 11.9 Å². The van der Waals surface area contributed by atoms with E-state index in [1.54, 1.807) is 6.07 Å². The predicted octanol–water partition coefficient (Wildman–Crippen LogP) is 2.54. The zero-order chi connectivity index (χ0) is 14.4. The van der Waals surface area contributed by atoms with Crippen molar-refractivity contribution in [1.82, 2.24) is 5.43 Å². The van der Waals surface area contributed by atoms with Crippen LogP contribution < -0.4 is 5.43 Å². The Hall–Kier alpha value is -2.17. The summed E-state index contributed by atoms with van der Waals surface area (Å²) >= 11 is 0. The van der Waals surface area contributed by atoms with Gasteiger partial charge in [0.1, 0.15) is 0 Å². The molecule has 0 saturated carbocycles. The number of rotatable bonds is 5. The first kappa shape index (κ1) is 14.9. The topological polar surface area (TPSA) is 78.8 Å². The van der Waals surface area contributed by atoms with Crippen molar-refractivity contribution in [3.63, 3.8) is 0 Å². The maximum atomic E-state index is 11.8. The minimum Gasteiger partial charge on any atom is -0.478 e. The lowest BCUT2D eigenvalue weighted by Crippen LogP contribution is -2.19. The number of amides is 1. The zero-order valence-corrected chi connectivity index (χ0v) is 11.3. The summed E-state index contributed by atoms with van der Waals surface area (Å²) in [4.78, 5) is 22.6. The number of nitrogens with zero attached hydrogens (tertiary/aromatic N) is 1. The summed E-state index contributed by atoms with van der Waals surface area (Å²) in [5, 5.41) is 12.8. The summed E-state index contributed by atoms with van der Waals surface area (Å²) in [7, 11) is 0. The molecule has 0 aliphatic rings. The van der Waals surface area contributed by atoms with Gasteiger partial charge in [0.15, 0.2) is 0 Å². The number of carboxylic acid groups (broad SMARTS) is 1. The Labute approximate surface area is 112 Å². The van der Waals surface area contributed by atoms with Crippen molar-refractivity contribution in [2.75, 3.05) is 0 Å². The Morgan fingerprint density at radius 3 is 2.53 bits per heavy atom. The molecule has 1 aromatic carbocycles. The predicted molar refractivity (Wildman–Crippen MR) is 73.4 cm³/mol. The monoisotopic (exact) mass is 262 g/mol. The van der Waals surface area contributed by atoms with Gasteiger partial charge in [-0.1, -0.05) is 19.9 Å². The van der Waals surface area contributed by atoms with Gasteiger partial charge in [-0.25, -0.2) is 10.2 Å². The fraction of sp³-hybridized carbons (Fsp3) is 0.357. The van der Waals surface area contributed by atoms with Crippen LogP contribution in [0.3, 0.4) is 0 Å². The van der Waals surface area contributed by atoms with E-state index in [1.165, 1.54) is 18.2 Å². The zero-order valence-electron chi connectivity index (χ0n) is 11.3. The third-order valence-corrected chi connectivity index (χ3v) is 2.42. The van der Waals surface area contributed by atoms with E-state index in [0.29, 0.717) is 5.92 Å². The van der Waals surface area contributed by atoms with E-state index in [0.717, 1.165) is 12.1 Å². The van der Waals surface area contributed by atoms with Crippen LogP contribution in [-0.2, 0) is 0 Å². The molecule has 0 aliphatic heterocycles. The molecule has 19 heavy (non-hydrogen) atoms. The van der Waals surface area contributed by atoms with Crippen LogP contribution in [0.5, 0.6) is 0 Å². The van der Waals surface area contributed by atoms with E-state index in [4.69, 9.17) is 5.11 Å². The lowest BCUT2D eigenvalue weighted by molar-refractivity contribution is 0.0697. The van der Waals surface area contributed by atoms with Crippen LogP contribution in [0.15, 0.2) is 29.4 Å². The third kappa shape index (κ3) is 4.91. The van der Waals surface area contributed by atoms with Gasteiger partial charge in [-0.05, 0) is 37.5 Å². The van der Waals surface area contributed by atoms with Gasteiger partial charge in [-0.15, -0.1) is 0 Å². The van der Waals surface area contributed by atoms with Gasteiger partial charge in [0.25, 0.3) is 5.91 Å². The molecule has 0 aromatic heterocycles. The Balaban J connectivity index is 2.73. The molecule has 0 heterocycles. The van der Waals surface area contributed by atoms with Gasteiger partial charge >= 0.3 is 5.97 Å². The number of hydrogen-bond acceptors (Lipinski definition) is 3. The SMILES string of the molecule is CC(CC(C)C)=NNC(=O)c1cccc(C(=O)O)c1. The molecule has 0 fully saturated rings. The van der Waals surface area contributed by atoms with Crippen molar-refractivity contribution in [2.24, 2.45) is 11.0 Å². The van der Waals surface area contributed by atoms with E-state index >= 15 is 0 Å². The number of carbonyl (C=O) groups excluding carboxylic acids is 1. The minimum absolute atomic E-state index is 0.0792. The summed E-state index contributed by atoms with van der Waals surface area (Å²) in [6.45, 7) is 5.97. The number of benzene rings is 1. The largest absolute Gasteiger partial charge is 0.478 e. The molecular weight excluding hydrogens is 244 g/mol. The van der Waals surface area contributed by atoms with Crippen LogP contribution >= 0.6 is 0 Å². The number of aromatic carboxylic acids is 1. The summed E-state index contributed by atoms with van der Waals surface area (Å²) in [5.41, 5.74) is 3.62. The second kappa shape index (κ2) is 6.68. The van der Waals surface area contributed by atoms with E-state index in [1.807, 2.05) is 6.92 Å². The highest BCUT2D eigenvalue weighted by molar-refractivity contribution is 5.98. The van der Waals surface area contributed by atoms with Gasteiger partial charge < -0.3 is 5.11 Å². The average molecular weight is 262 g/mol. The first-order valence-electron chi connectivity index (χ1n) is 6.07. The van der Waals surface area contributed by atoms with Gasteiger partial charge in [0.05, 0.1) is 5.56 Å². The summed E-state index contributed by atoms with van der Waals surface area (Å²) in [6, 6.07) is 5.84. The van der Waals surface area contributed by atoms with E-state index in [9.17, 15) is 9.59 Å². The van der Waals surface area contributed by atoms with Gasteiger partial charge in [-0.3, -0.25) is 4.79 Å². The number of carboxylic acids is 1. The van der Waals surface area contributed by atoms with Crippen molar-refractivity contribution < 1.29 is 14.7 Å². The molecule has 2 N–H and O–H groups in total. The van der Waals surface area contributed by atoms with Crippen LogP contribution in [-0.4, -0.2) is 22.7 Å². The lowest BCUT2D eigenvalue weighted by Gasteiger charge is -2.05. The fourth-order valence-electron chi connectivity index (χ4n) is 1.64. The fourth-order valence-corrected chi connectivity index (χ4v) is 1.64. The summed E-state index contributed by atoms with van der Waals surface area (Å²) in [6.07, 6.45) is 0.801. The van der Waals surface area contributed by atoms with Crippen LogP contribution in [0.1, 0.15) is 47.9 Å². The van der Waals surface area contributed by atoms with E-state index in [2.05, 4.69) is 24.4 Å². The lowest BCUT2D eigenvalue weighted by atomic mass is 10.1. The number of hydrogen-bond donors (Lipinski definition) is 2. The quantitative estimate of drug-likeness (QED) is 0.632. The smallest absolute Gasteiger partial charge is 0.335 e. The van der Waals surface area contributed by atoms with Crippen LogP contribution in [0.2, 0.25) is 0 Å². The number of nitrogens with one attached hydrogen (secondary N) is 1. The molecule has 5 nitrogen and oxygen atoms in total. The summed E-state index contributed by atoms with van der Waals surface area (Å²) in [5.74, 6) is -1.00. The first-order chi connectivity index (χ1) is 8.90. The maximum Gasteiger partial charge on any atom is 0.335 e. The van der Waals surface area contributed by atoms with Crippen molar-refractivity contribution in [3.8, 4) is 0 Å². The normalized spacial score (nSPS) is 11.5. The van der Waals surface area contributed by atoms with Crippen molar-refractivity contribution in [2.45, 2.75) is 27.2 Å². The van der Waals surface area contributed by atoms with Crippen molar-refractivity contribution in [3.05, 3.63) is 35.4 Å². The molecule has 5 heteroatoms. The molecule has 0 saturated heterocycles. The Morgan fingerprint density at radius 2 is 1.95 bits per heavy atom. The molecule has 1 rings (SSSR count). The second-order valence-electron chi connectivity index (χ2n) is 4.77. The van der Waals surface area contributed by atoms with Crippen LogP contribution in [0, 0.1) is 5.92 Å². The Bertz CT molecular complexity index is 507. The molecule has 102 valence electrons. The highest BCUT2D eigenvalue weighted by Gasteiger charge is 2.09. The minimum atomic E-state index is -1.06. The number of hydrazone groups is 1. The molecule has 0 aliphatic carbocycles. The summed E-state index contributed by atoms with van der Waals surface area (Å²) < 4.78 is 0. The highest BCUT2D eigenvalue weighted by Crippen LogP contribution is 2.06. The second-order valence-corrected chi connectivity index (χ2v) is 4.77. The molecule has 0 radical (unpaired) electrons. The van der Waals surface area contributed by atoms with Crippen LogP contribution in [0.25, 0.3) is 0 Å². The Morgan fingerprint density at radius 1 is 1.32 bits per heavy atom. The van der Waals surface area contributed by atoms with Gasteiger partial charge in [0, 0.05) is 11.3 Å². The third-order valence-electron chi connectivity index (χ3n) is 2.42. The molecule has 1 aromatic rings. The number of carbonyl (C=O) groups is 2. The van der Waals surface area contributed by atoms with Gasteiger partial charge in [-0.2, -0.15) is 5.10 Å². The van der Waals surface area contributed by atoms with Crippen LogP contribution in [0.4, 0.5) is 0 Å². The highest BCUT2D eigenvalue weighted by atomic mass is 16.4. The van der Waals surface area contributed by atoms with E-state index in [-0.39, 0.29) is 11.1 Å². The van der Waals surface area contributed by atoms with Gasteiger partial charge in [0.2, 0.25) is 0 Å². The molecule has 0 atom stereocenters. The average Bonchev–Trinajstić information content (AvgIpc) is 2.35. The first-order valence-corrected chi connectivity index (χ1v) is 6.07. The Kier molecular flexibility index (Phi) is 5.23. The standard InChI is InChI=1S/C14H18N2O3/c1-9(2)7-10(3)15-16-13(17)11-5-4-6-12(8-11)14(18)19/h4-6,8-9H,7H2,1-3H3,(H,16,17)(H,18,19).